The van der Waals surface area contributed by atoms with E-state index in [1.807, 2.05) is 12.1 Å². The summed E-state index contributed by atoms with van der Waals surface area (Å²) in [6.07, 6.45) is 1.46. The zero-order valence-corrected chi connectivity index (χ0v) is 14.0. The number of ketones is 1. The highest BCUT2D eigenvalue weighted by Crippen LogP contribution is 2.35. The predicted molar refractivity (Wildman–Crippen MR) is 96.0 cm³/mol. The number of aryl methyl sites for hydroxylation is 1. The van der Waals surface area contributed by atoms with Crippen molar-refractivity contribution in [3.05, 3.63) is 58.7 Å². The lowest BCUT2D eigenvalue weighted by atomic mass is 9.86. The average molecular weight is 332 g/mol. The summed E-state index contributed by atoms with van der Waals surface area (Å²) in [7, 11) is 0. The molecule has 2 aliphatic heterocycles. The van der Waals surface area contributed by atoms with Gasteiger partial charge in [0.2, 0.25) is 0 Å². The molecule has 1 aliphatic carbocycles. The quantitative estimate of drug-likeness (QED) is 0.844. The van der Waals surface area contributed by atoms with Crippen LogP contribution in [0.1, 0.15) is 44.2 Å². The summed E-state index contributed by atoms with van der Waals surface area (Å²) in [6.45, 7) is 2.62. The van der Waals surface area contributed by atoms with Crippen LogP contribution < -0.4 is 10.6 Å². The summed E-state index contributed by atoms with van der Waals surface area (Å²) in [5, 5.41) is 6.50. The maximum Gasteiger partial charge on any atom is 0.251 e. The second-order valence-electron chi connectivity index (χ2n) is 7.33. The fraction of sp³-hybridized carbons (Fsp3) is 0.333. The molecule has 2 atom stereocenters. The molecule has 1 fully saturated rings. The molecule has 3 aliphatic rings. The van der Waals surface area contributed by atoms with E-state index in [-0.39, 0.29) is 11.7 Å². The van der Waals surface area contributed by atoms with E-state index in [2.05, 4.69) is 34.9 Å². The number of amides is 1. The Labute approximate surface area is 146 Å². The first-order valence-electron chi connectivity index (χ1n) is 9.00. The third-order valence-corrected chi connectivity index (χ3v) is 5.93. The van der Waals surface area contributed by atoms with Gasteiger partial charge in [-0.3, -0.25) is 9.59 Å². The van der Waals surface area contributed by atoms with Crippen LogP contribution in [-0.2, 0) is 6.42 Å². The molecule has 4 heteroatoms. The normalized spacial score (nSPS) is 24.3. The van der Waals surface area contributed by atoms with Crippen LogP contribution in [0.15, 0.2) is 36.4 Å². The summed E-state index contributed by atoms with van der Waals surface area (Å²) >= 11 is 0. The van der Waals surface area contributed by atoms with Gasteiger partial charge in [-0.2, -0.15) is 0 Å². The average Bonchev–Trinajstić information content (AvgIpc) is 3.23. The lowest BCUT2D eigenvalue weighted by molar-refractivity contribution is 0.0951. The Kier molecular flexibility index (Phi) is 3.28. The molecule has 126 valence electrons. The van der Waals surface area contributed by atoms with Crippen LogP contribution in [0.3, 0.4) is 0 Å². The molecule has 0 bridgehead atoms. The molecule has 1 saturated heterocycles. The van der Waals surface area contributed by atoms with Gasteiger partial charge in [0.25, 0.3) is 5.91 Å². The van der Waals surface area contributed by atoms with E-state index >= 15 is 0 Å². The van der Waals surface area contributed by atoms with Gasteiger partial charge in [-0.1, -0.05) is 24.3 Å². The zero-order valence-electron chi connectivity index (χ0n) is 14.0. The van der Waals surface area contributed by atoms with Gasteiger partial charge in [-0.25, -0.2) is 0 Å². The summed E-state index contributed by atoms with van der Waals surface area (Å²) in [5.74, 6) is 1.10. The van der Waals surface area contributed by atoms with Crippen LogP contribution in [-0.4, -0.2) is 31.3 Å². The van der Waals surface area contributed by atoms with Crippen LogP contribution in [0.5, 0.6) is 0 Å². The minimum atomic E-state index is 0.0171. The lowest BCUT2D eigenvalue weighted by Crippen LogP contribution is -2.28. The van der Waals surface area contributed by atoms with Crippen molar-refractivity contribution in [3.8, 4) is 11.1 Å². The SMILES string of the molecule is O=C1CCc2ccc(-c3ccc4c(c3)C(=O)NC[C@H]3CNC[C@H]43)cc21. The Morgan fingerprint density at radius 3 is 2.52 bits per heavy atom. The number of nitrogens with one attached hydrogen (secondary N) is 2. The van der Waals surface area contributed by atoms with E-state index in [0.717, 1.165) is 59.4 Å². The molecule has 25 heavy (non-hydrogen) atoms. The van der Waals surface area contributed by atoms with Crippen LogP contribution in [0.4, 0.5) is 0 Å². The summed E-state index contributed by atoms with van der Waals surface area (Å²) in [6, 6.07) is 12.3. The Morgan fingerprint density at radius 2 is 1.64 bits per heavy atom. The van der Waals surface area contributed by atoms with Gasteiger partial charge < -0.3 is 10.6 Å². The molecule has 2 aromatic carbocycles. The van der Waals surface area contributed by atoms with Gasteiger partial charge in [0.15, 0.2) is 5.78 Å². The molecule has 0 saturated carbocycles. The number of benzene rings is 2. The first-order valence-corrected chi connectivity index (χ1v) is 9.00. The second kappa shape index (κ2) is 5.53. The van der Waals surface area contributed by atoms with Gasteiger partial charge in [0.05, 0.1) is 0 Å². The van der Waals surface area contributed by atoms with Gasteiger partial charge in [0.1, 0.15) is 0 Å². The number of Topliss-reactive ketones (excluding diaryl/α,β-unsaturated/α-hetero) is 1. The Bertz CT molecular complexity index is 903. The maximum atomic E-state index is 12.6. The van der Waals surface area contributed by atoms with Crippen molar-refractivity contribution in [1.29, 1.82) is 0 Å². The molecule has 2 aromatic rings. The van der Waals surface area contributed by atoms with Crippen molar-refractivity contribution in [2.45, 2.75) is 18.8 Å². The minimum Gasteiger partial charge on any atom is -0.352 e. The Hall–Kier alpha value is -2.46. The van der Waals surface area contributed by atoms with Crippen molar-refractivity contribution >= 4 is 11.7 Å². The molecular weight excluding hydrogens is 312 g/mol. The van der Waals surface area contributed by atoms with Crippen LogP contribution in [0.25, 0.3) is 11.1 Å². The van der Waals surface area contributed by atoms with Crippen molar-refractivity contribution in [2.75, 3.05) is 19.6 Å². The number of hydrogen-bond donors (Lipinski definition) is 2. The monoisotopic (exact) mass is 332 g/mol. The first-order chi connectivity index (χ1) is 12.2. The number of hydrogen-bond acceptors (Lipinski definition) is 3. The molecule has 1 amide bonds. The first kappa shape index (κ1) is 14.8. The topological polar surface area (TPSA) is 58.2 Å². The molecule has 0 unspecified atom stereocenters. The highest BCUT2D eigenvalue weighted by atomic mass is 16.1. The number of carbonyl (C=O) groups is 2. The largest absolute Gasteiger partial charge is 0.352 e. The zero-order chi connectivity index (χ0) is 17.0. The summed E-state index contributed by atoms with van der Waals surface area (Å²) < 4.78 is 0. The van der Waals surface area contributed by atoms with E-state index in [4.69, 9.17) is 0 Å². The molecule has 4 nitrogen and oxygen atoms in total. The van der Waals surface area contributed by atoms with E-state index in [0.29, 0.717) is 18.3 Å². The van der Waals surface area contributed by atoms with Crippen molar-refractivity contribution in [3.63, 3.8) is 0 Å². The second-order valence-corrected chi connectivity index (χ2v) is 7.33. The van der Waals surface area contributed by atoms with Gasteiger partial charge in [-0.15, -0.1) is 0 Å². The van der Waals surface area contributed by atoms with E-state index < -0.39 is 0 Å². The molecule has 0 spiro atoms. The fourth-order valence-electron chi connectivity index (χ4n) is 4.50. The van der Waals surface area contributed by atoms with Gasteiger partial charge in [-0.05, 0) is 46.7 Å². The lowest BCUT2D eigenvalue weighted by Gasteiger charge is -2.17. The van der Waals surface area contributed by atoms with E-state index in [9.17, 15) is 9.59 Å². The molecule has 0 aromatic heterocycles. The van der Waals surface area contributed by atoms with Gasteiger partial charge >= 0.3 is 0 Å². The molecule has 5 rings (SSSR count). The third-order valence-electron chi connectivity index (χ3n) is 5.93. The maximum absolute atomic E-state index is 12.6. The fourth-order valence-corrected chi connectivity index (χ4v) is 4.50. The van der Waals surface area contributed by atoms with Crippen molar-refractivity contribution in [2.24, 2.45) is 5.92 Å². The number of carbonyl (C=O) groups excluding carboxylic acids is 2. The smallest absolute Gasteiger partial charge is 0.251 e. The van der Waals surface area contributed by atoms with Crippen LogP contribution in [0, 0.1) is 5.92 Å². The number of fused-ring (bicyclic) bond motifs is 4. The Morgan fingerprint density at radius 1 is 0.840 bits per heavy atom. The standard InChI is InChI=1S/C21H20N2O2/c24-20-6-4-12-1-2-13(7-17(12)20)14-3-5-16-18(8-14)21(25)23-10-15-9-22-11-19(15)16/h1-3,5,7-8,15,19,22H,4,6,9-11H2,(H,23,25)/t15-,19+/m1/s1. The highest BCUT2D eigenvalue weighted by molar-refractivity contribution is 6.02. The van der Waals surface area contributed by atoms with Crippen molar-refractivity contribution in [1.82, 2.24) is 10.6 Å². The highest BCUT2D eigenvalue weighted by Gasteiger charge is 2.34. The Balaban J connectivity index is 1.60. The number of rotatable bonds is 1. The van der Waals surface area contributed by atoms with E-state index in [1.165, 1.54) is 0 Å². The summed E-state index contributed by atoms with van der Waals surface area (Å²) in [5.41, 5.74) is 5.92. The van der Waals surface area contributed by atoms with E-state index in [1.54, 1.807) is 0 Å². The van der Waals surface area contributed by atoms with Crippen LogP contribution >= 0.6 is 0 Å². The summed E-state index contributed by atoms with van der Waals surface area (Å²) in [4.78, 5) is 24.6. The van der Waals surface area contributed by atoms with Crippen molar-refractivity contribution < 1.29 is 9.59 Å². The predicted octanol–water partition coefficient (Wildman–Crippen LogP) is 2.53. The molecular formula is C21H20N2O2. The molecule has 2 N–H and O–H groups in total. The van der Waals surface area contributed by atoms with Gasteiger partial charge in [0, 0.05) is 43.1 Å². The van der Waals surface area contributed by atoms with Crippen LogP contribution in [0.2, 0.25) is 0 Å². The molecule has 0 radical (unpaired) electrons. The minimum absolute atomic E-state index is 0.0171. The molecule has 2 heterocycles. The third kappa shape index (κ3) is 2.32.